The normalized spacial score (nSPS) is 10.2. The number of carbonyl (C=O) groups is 1. The average Bonchev–Trinajstić information content (AvgIpc) is 2.59. The van der Waals surface area contributed by atoms with Gasteiger partial charge in [0.1, 0.15) is 6.61 Å². The van der Waals surface area contributed by atoms with Crippen LogP contribution in [0.1, 0.15) is 34.5 Å². The van der Waals surface area contributed by atoms with Crippen LogP contribution in [0.3, 0.4) is 0 Å². The maximum atomic E-state index is 12.0. The van der Waals surface area contributed by atoms with Crippen LogP contribution >= 0.6 is 11.8 Å². The quantitative estimate of drug-likeness (QED) is 0.455. The standard InChI is InChI=1S/C18H19N3O2S/c1-12-16(13(2)21-18(20-12)24-3)7-8-17(22)23-11-15-6-4-5-14(9-15)10-19/h4-6,9H,7-8,11H2,1-3H3. The van der Waals surface area contributed by atoms with E-state index in [9.17, 15) is 4.79 Å². The Morgan fingerprint density at radius 3 is 2.62 bits per heavy atom. The van der Waals surface area contributed by atoms with Crippen molar-refractivity contribution in [2.24, 2.45) is 0 Å². The van der Waals surface area contributed by atoms with Gasteiger partial charge in [-0.1, -0.05) is 23.9 Å². The molecule has 1 heterocycles. The first kappa shape index (κ1) is 18.0. The molecule has 0 N–H and O–H groups in total. The van der Waals surface area contributed by atoms with Crippen molar-refractivity contribution in [2.75, 3.05) is 6.26 Å². The summed E-state index contributed by atoms with van der Waals surface area (Å²) in [5.41, 5.74) is 4.17. The molecule has 124 valence electrons. The van der Waals surface area contributed by atoms with Crippen LogP contribution in [0.2, 0.25) is 0 Å². The molecule has 2 rings (SSSR count). The van der Waals surface area contributed by atoms with Gasteiger partial charge in [-0.2, -0.15) is 5.26 Å². The number of aryl methyl sites for hydroxylation is 2. The van der Waals surface area contributed by atoms with E-state index in [1.165, 1.54) is 11.8 Å². The van der Waals surface area contributed by atoms with Gasteiger partial charge in [0, 0.05) is 17.8 Å². The highest BCUT2D eigenvalue weighted by Crippen LogP contribution is 2.17. The highest BCUT2D eigenvalue weighted by molar-refractivity contribution is 7.98. The summed E-state index contributed by atoms with van der Waals surface area (Å²) >= 11 is 1.50. The van der Waals surface area contributed by atoms with Crippen LogP contribution in [0.25, 0.3) is 0 Å². The Hall–Kier alpha value is -2.39. The van der Waals surface area contributed by atoms with Crippen molar-refractivity contribution in [1.82, 2.24) is 9.97 Å². The molecule has 0 unspecified atom stereocenters. The third kappa shape index (κ3) is 4.80. The second kappa shape index (κ2) is 8.46. The maximum Gasteiger partial charge on any atom is 0.306 e. The molecule has 2 aromatic rings. The molecule has 0 bridgehead atoms. The monoisotopic (exact) mass is 341 g/mol. The number of benzene rings is 1. The lowest BCUT2D eigenvalue weighted by Crippen LogP contribution is -2.09. The molecule has 0 aliphatic carbocycles. The molecule has 1 aromatic carbocycles. The smallest absolute Gasteiger partial charge is 0.306 e. The number of hydrogen-bond donors (Lipinski definition) is 0. The Kier molecular flexibility index (Phi) is 6.33. The number of esters is 1. The molecular formula is C18H19N3O2S. The van der Waals surface area contributed by atoms with Crippen molar-refractivity contribution >= 4 is 17.7 Å². The van der Waals surface area contributed by atoms with E-state index in [2.05, 4.69) is 16.0 Å². The predicted octanol–water partition coefficient (Wildman–Crippen LogP) is 3.36. The van der Waals surface area contributed by atoms with E-state index >= 15 is 0 Å². The zero-order chi connectivity index (χ0) is 17.5. The molecular weight excluding hydrogens is 322 g/mol. The lowest BCUT2D eigenvalue weighted by molar-refractivity contribution is -0.144. The zero-order valence-corrected chi connectivity index (χ0v) is 14.8. The molecule has 5 nitrogen and oxygen atoms in total. The third-order valence-electron chi connectivity index (χ3n) is 3.62. The van der Waals surface area contributed by atoms with Gasteiger partial charge >= 0.3 is 5.97 Å². The molecule has 0 aliphatic rings. The molecule has 0 atom stereocenters. The summed E-state index contributed by atoms with van der Waals surface area (Å²) in [6, 6.07) is 9.11. The van der Waals surface area contributed by atoms with Crippen LogP contribution < -0.4 is 0 Å². The molecule has 0 saturated carbocycles. The molecule has 0 fully saturated rings. The summed E-state index contributed by atoms with van der Waals surface area (Å²) in [6.45, 7) is 4.04. The summed E-state index contributed by atoms with van der Waals surface area (Å²) in [6.07, 6.45) is 2.78. The third-order valence-corrected chi connectivity index (χ3v) is 4.17. The number of ether oxygens (including phenoxy) is 1. The van der Waals surface area contributed by atoms with Crippen LogP contribution in [0.15, 0.2) is 29.4 Å². The average molecular weight is 341 g/mol. The Morgan fingerprint density at radius 2 is 2.00 bits per heavy atom. The minimum atomic E-state index is -0.273. The van der Waals surface area contributed by atoms with Gasteiger partial charge in [0.05, 0.1) is 11.6 Å². The van der Waals surface area contributed by atoms with Crippen molar-refractivity contribution < 1.29 is 9.53 Å². The number of nitrogens with zero attached hydrogens (tertiary/aromatic N) is 3. The first-order valence-corrected chi connectivity index (χ1v) is 8.78. The lowest BCUT2D eigenvalue weighted by atomic mass is 10.1. The van der Waals surface area contributed by atoms with E-state index in [0.29, 0.717) is 12.0 Å². The molecule has 1 aromatic heterocycles. The topological polar surface area (TPSA) is 75.9 Å². The first-order valence-electron chi connectivity index (χ1n) is 7.56. The first-order chi connectivity index (χ1) is 11.5. The molecule has 6 heteroatoms. The Morgan fingerprint density at radius 1 is 1.29 bits per heavy atom. The second-order valence-corrected chi connectivity index (χ2v) is 6.11. The number of rotatable bonds is 6. The van der Waals surface area contributed by atoms with Gasteiger partial charge in [-0.15, -0.1) is 0 Å². The van der Waals surface area contributed by atoms with E-state index < -0.39 is 0 Å². The SMILES string of the molecule is CSc1nc(C)c(CCC(=O)OCc2cccc(C#N)c2)c(C)n1. The van der Waals surface area contributed by atoms with Gasteiger partial charge < -0.3 is 4.74 Å². The van der Waals surface area contributed by atoms with Crippen molar-refractivity contribution in [3.05, 3.63) is 52.3 Å². The molecule has 0 spiro atoms. The molecule has 24 heavy (non-hydrogen) atoms. The Labute approximate surface area is 146 Å². The summed E-state index contributed by atoms with van der Waals surface area (Å²) < 4.78 is 5.28. The summed E-state index contributed by atoms with van der Waals surface area (Å²) in [7, 11) is 0. The van der Waals surface area contributed by atoms with Crippen LogP contribution in [0.4, 0.5) is 0 Å². The molecule has 0 radical (unpaired) electrons. The van der Waals surface area contributed by atoms with Crippen LogP contribution in [-0.4, -0.2) is 22.2 Å². The summed E-state index contributed by atoms with van der Waals surface area (Å²) in [5, 5.41) is 9.61. The maximum absolute atomic E-state index is 12.0. The van der Waals surface area contributed by atoms with Crippen LogP contribution in [0.5, 0.6) is 0 Å². The fourth-order valence-electron chi connectivity index (χ4n) is 2.36. The number of aromatic nitrogens is 2. The van der Waals surface area contributed by atoms with Gasteiger partial charge in [-0.3, -0.25) is 4.79 Å². The fourth-order valence-corrected chi connectivity index (χ4v) is 2.81. The largest absolute Gasteiger partial charge is 0.461 e. The Bertz CT molecular complexity index is 761. The zero-order valence-electron chi connectivity index (χ0n) is 14.0. The minimum absolute atomic E-state index is 0.175. The second-order valence-electron chi connectivity index (χ2n) is 5.33. The molecule has 0 saturated heterocycles. The highest BCUT2D eigenvalue weighted by Gasteiger charge is 2.11. The molecule has 0 aliphatic heterocycles. The van der Waals surface area contributed by atoms with Crippen molar-refractivity contribution in [3.63, 3.8) is 0 Å². The van der Waals surface area contributed by atoms with Crippen LogP contribution in [-0.2, 0) is 22.6 Å². The number of hydrogen-bond acceptors (Lipinski definition) is 6. The van der Waals surface area contributed by atoms with Crippen LogP contribution in [0, 0.1) is 25.2 Å². The Balaban J connectivity index is 1.91. The predicted molar refractivity (Wildman–Crippen MR) is 92.6 cm³/mol. The van der Waals surface area contributed by atoms with Gasteiger partial charge in [0.2, 0.25) is 0 Å². The van der Waals surface area contributed by atoms with Gasteiger partial charge in [0.25, 0.3) is 0 Å². The van der Waals surface area contributed by atoms with E-state index in [1.54, 1.807) is 18.2 Å². The summed E-state index contributed by atoms with van der Waals surface area (Å²) in [5.74, 6) is -0.273. The van der Waals surface area contributed by atoms with Gasteiger partial charge in [0.15, 0.2) is 5.16 Å². The van der Waals surface area contributed by atoms with Gasteiger partial charge in [-0.25, -0.2) is 9.97 Å². The minimum Gasteiger partial charge on any atom is -0.461 e. The number of thioether (sulfide) groups is 1. The van der Waals surface area contributed by atoms with E-state index in [4.69, 9.17) is 10.00 Å². The van der Waals surface area contributed by atoms with Crippen molar-refractivity contribution in [1.29, 1.82) is 5.26 Å². The van der Waals surface area contributed by atoms with E-state index in [1.807, 2.05) is 26.2 Å². The molecule has 0 amide bonds. The number of carbonyl (C=O) groups excluding carboxylic acids is 1. The number of nitriles is 1. The van der Waals surface area contributed by atoms with Crippen molar-refractivity contribution in [3.8, 4) is 6.07 Å². The van der Waals surface area contributed by atoms with Crippen molar-refractivity contribution in [2.45, 2.75) is 38.5 Å². The fraction of sp³-hybridized carbons (Fsp3) is 0.333. The van der Waals surface area contributed by atoms with E-state index in [0.717, 1.165) is 27.7 Å². The lowest BCUT2D eigenvalue weighted by Gasteiger charge is -2.10. The summed E-state index contributed by atoms with van der Waals surface area (Å²) in [4.78, 5) is 20.8. The highest BCUT2D eigenvalue weighted by atomic mass is 32.2. The van der Waals surface area contributed by atoms with E-state index in [-0.39, 0.29) is 19.0 Å². The van der Waals surface area contributed by atoms with Gasteiger partial charge in [-0.05, 0) is 49.8 Å².